The highest BCUT2D eigenvalue weighted by Crippen LogP contribution is 2.38. The molecule has 1 aromatic heterocycles. The highest BCUT2D eigenvalue weighted by molar-refractivity contribution is 6.29. The van der Waals surface area contributed by atoms with Gasteiger partial charge in [0.1, 0.15) is 11.2 Å². The lowest BCUT2D eigenvalue weighted by Gasteiger charge is -2.46. The molecule has 3 heterocycles. The molecule has 6 heteroatoms. The van der Waals surface area contributed by atoms with E-state index in [1.165, 1.54) is 5.56 Å². The van der Waals surface area contributed by atoms with E-state index >= 15 is 0 Å². The average molecular weight is 385 g/mol. The minimum atomic E-state index is -0.223. The Hall–Kier alpha value is -2.11. The van der Waals surface area contributed by atoms with Gasteiger partial charge >= 0.3 is 0 Å². The summed E-state index contributed by atoms with van der Waals surface area (Å²) in [4.78, 5) is 23.7. The van der Waals surface area contributed by atoms with Gasteiger partial charge in [0.05, 0.1) is 5.69 Å². The fourth-order valence-corrected chi connectivity index (χ4v) is 4.40. The molecule has 2 aliphatic heterocycles. The van der Waals surface area contributed by atoms with Crippen molar-refractivity contribution in [3.63, 3.8) is 0 Å². The van der Waals surface area contributed by atoms with Crippen LogP contribution in [0.4, 0.5) is 11.5 Å². The summed E-state index contributed by atoms with van der Waals surface area (Å²) >= 11 is 6.18. The molecule has 1 atom stereocenters. The van der Waals surface area contributed by atoms with Gasteiger partial charge in [-0.3, -0.25) is 9.69 Å². The number of carbonyl (C=O) groups is 1. The minimum absolute atomic E-state index is 0.110. The summed E-state index contributed by atoms with van der Waals surface area (Å²) in [5, 5.41) is 0.468. The normalized spacial score (nSPS) is 21.4. The Bertz CT molecular complexity index is 820. The lowest BCUT2D eigenvalue weighted by Crippen LogP contribution is -2.57. The Morgan fingerprint density at radius 2 is 1.81 bits per heavy atom. The molecule has 1 amide bonds. The SMILES string of the molecule is CC1C(=O)N(C)c2ccc(Cl)nc2N1C1CCN(Cc2ccccc2)CC1. The fourth-order valence-electron chi connectivity index (χ4n) is 4.26. The van der Waals surface area contributed by atoms with Crippen molar-refractivity contribution in [3.8, 4) is 0 Å². The van der Waals surface area contributed by atoms with Crippen LogP contribution in [0.25, 0.3) is 0 Å². The number of amides is 1. The summed E-state index contributed by atoms with van der Waals surface area (Å²) in [6.45, 7) is 4.98. The van der Waals surface area contributed by atoms with Crippen molar-refractivity contribution < 1.29 is 4.79 Å². The molecule has 0 N–H and O–H groups in total. The number of nitrogens with zero attached hydrogens (tertiary/aromatic N) is 4. The minimum Gasteiger partial charge on any atom is -0.340 e. The number of pyridine rings is 1. The molecule has 4 rings (SSSR count). The maximum atomic E-state index is 12.7. The standard InChI is InChI=1S/C21H25ClN4O/c1-15-21(27)24(2)18-8-9-19(22)23-20(18)26(15)17-10-12-25(13-11-17)14-16-6-4-3-5-7-16/h3-9,15,17H,10-14H2,1-2H3. The number of anilines is 2. The van der Waals surface area contributed by atoms with Crippen LogP contribution < -0.4 is 9.80 Å². The molecule has 2 aliphatic rings. The Morgan fingerprint density at radius 1 is 1.11 bits per heavy atom. The molecular formula is C21H25ClN4O. The van der Waals surface area contributed by atoms with Crippen LogP contribution in [0.15, 0.2) is 42.5 Å². The van der Waals surface area contributed by atoms with Gasteiger partial charge in [0.15, 0.2) is 5.82 Å². The topological polar surface area (TPSA) is 39.7 Å². The Kier molecular flexibility index (Phi) is 5.06. The highest BCUT2D eigenvalue weighted by Gasteiger charge is 2.39. The molecular weight excluding hydrogens is 360 g/mol. The van der Waals surface area contributed by atoms with Crippen LogP contribution in [-0.4, -0.2) is 48.0 Å². The third kappa shape index (κ3) is 3.54. The maximum Gasteiger partial charge on any atom is 0.249 e. The fraction of sp³-hybridized carbons (Fsp3) is 0.429. The molecule has 0 spiro atoms. The van der Waals surface area contributed by atoms with Gasteiger partial charge in [-0.1, -0.05) is 41.9 Å². The summed E-state index contributed by atoms with van der Waals surface area (Å²) in [5.74, 6) is 0.942. The largest absolute Gasteiger partial charge is 0.340 e. The van der Waals surface area contributed by atoms with Crippen LogP contribution in [0.1, 0.15) is 25.3 Å². The quantitative estimate of drug-likeness (QED) is 0.758. The van der Waals surface area contributed by atoms with Gasteiger partial charge in [-0.05, 0) is 37.5 Å². The summed E-state index contributed by atoms with van der Waals surface area (Å²) in [5.41, 5.74) is 2.19. The third-order valence-corrected chi connectivity index (χ3v) is 5.94. The van der Waals surface area contributed by atoms with Crippen molar-refractivity contribution in [2.24, 2.45) is 0 Å². The number of likely N-dealkylation sites (N-methyl/N-ethyl adjacent to an activating group) is 1. The van der Waals surface area contributed by atoms with E-state index < -0.39 is 0 Å². The van der Waals surface area contributed by atoms with E-state index in [2.05, 4.69) is 45.1 Å². The number of halogens is 1. The molecule has 1 saturated heterocycles. The summed E-state index contributed by atoms with van der Waals surface area (Å²) in [6.07, 6.45) is 2.03. The molecule has 5 nitrogen and oxygen atoms in total. The molecule has 1 unspecified atom stereocenters. The molecule has 1 fully saturated rings. The van der Waals surface area contributed by atoms with Gasteiger partial charge in [0.25, 0.3) is 0 Å². The van der Waals surface area contributed by atoms with E-state index in [0.717, 1.165) is 44.0 Å². The predicted octanol–water partition coefficient (Wildman–Crippen LogP) is 3.57. The van der Waals surface area contributed by atoms with Gasteiger partial charge in [-0.25, -0.2) is 4.98 Å². The zero-order valence-electron chi connectivity index (χ0n) is 15.8. The zero-order valence-corrected chi connectivity index (χ0v) is 16.6. The maximum absolute atomic E-state index is 12.7. The van der Waals surface area contributed by atoms with Crippen molar-refractivity contribution >= 4 is 29.0 Å². The second kappa shape index (κ2) is 7.49. The molecule has 0 aliphatic carbocycles. The van der Waals surface area contributed by atoms with Crippen LogP contribution in [0.2, 0.25) is 5.15 Å². The van der Waals surface area contributed by atoms with Gasteiger partial charge in [-0.2, -0.15) is 0 Å². The number of aromatic nitrogens is 1. The van der Waals surface area contributed by atoms with Gasteiger partial charge in [0.2, 0.25) is 5.91 Å². The second-order valence-electron chi connectivity index (χ2n) is 7.45. The van der Waals surface area contributed by atoms with Crippen LogP contribution in [0.3, 0.4) is 0 Å². The van der Waals surface area contributed by atoms with Crippen LogP contribution in [0, 0.1) is 0 Å². The number of piperidine rings is 1. The van der Waals surface area contributed by atoms with Gasteiger partial charge < -0.3 is 9.80 Å². The molecule has 0 saturated carbocycles. The van der Waals surface area contributed by atoms with Gasteiger partial charge in [-0.15, -0.1) is 0 Å². The van der Waals surface area contributed by atoms with E-state index in [9.17, 15) is 4.79 Å². The average Bonchev–Trinajstić information content (AvgIpc) is 2.68. The smallest absolute Gasteiger partial charge is 0.249 e. The summed E-state index contributed by atoms with van der Waals surface area (Å²) in [7, 11) is 1.81. The van der Waals surface area contributed by atoms with Crippen molar-refractivity contribution in [2.45, 2.75) is 38.4 Å². The molecule has 1 aromatic carbocycles. The molecule has 0 radical (unpaired) electrons. The Balaban J connectivity index is 1.51. The van der Waals surface area contributed by atoms with E-state index in [1.54, 1.807) is 11.0 Å². The monoisotopic (exact) mass is 384 g/mol. The van der Waals surface area contributed by atoms with E-state index in [0.29, 0.717) is 11.2 Å². The number of hydrogen-bond donors (Lipinski definition) is 0. The third-order valence-electron chi connectivity index (χ3n) is 5.73. The lowest BCUT2D eigenvalue weighted by molar-refractivity contribution is -0.119. The predicted molar refractivity (Wildman–Crippen MR) is 109 cm³/mol. The Morgan fingerprint density at radius 3 is 2.52 bits per heavy atom. The van der Waals surface area contributed by atoms with Gasteiger partial charge in [0, 0.05) is 32.7 Å². The number of carbonyl (C=O) groups excluding carboxylic acids is 1. The summed E-state index contributed by atoms with van der Waals surface area (Å²) < 4.78 is 0. The highest BCUT2D eigenvalue weighted by atomic mass is 35.5. The lowest BCUT2D eigenvalue weighted by atomic mass is 9.98. The van der Waals surface area contributed by atoms with E-state index in [-0.39, 0.29) is 11.9 Å². The number of rotatable bonds is 3. The number of likely N-dealkylation sites (tertiary alicyclic amines) is 1. The number of benzene rings is 1. The van der Waals surface area contributed by atoms with Crippen molar-refractivity contribution in [1.29, 1.82) is 0 Å². The number of fused-ring (bicyclic) bond motifs is 1. The first kappa shape index (κ1) is 18.3. The van der Waals surface area contributed by atoms with Crippen LogP contribution >= 0.6 is 11.6 Å². The second-order valence-corrected chi connectivity index (χ2v) is 7.84. The van der Waals surface area contributed by atoms with Crippen molar-refractivity contribution in [1.82, 2.24) is 9.88 Å². The first-order chi connectivity index (χ1) is 13.0. The van der Waals surface area contributed by atoms with Crippen LogP contribution in [0.5, 0.6) is 0 Å². The first-order valence-corrected chi connectivity index (χ1v) is 9.91. The molecule has 0 bridgehead atoms. The van der Waals surface area contributed by atoms with E-state index in [1.807, 2.05) is 20.0 Å². The number of hydrogen-bond acceptors (Lipinski definition) is 4. The van der Waals surface area contributed by atoms with Crippen molar-refractivity contribution in [3.05, 3.63) is 53.2 Å². The molecule has 142 valence electrons. The zero-order chi connectivity index (χ0) is 19.0. The summed E-state index contributed by atoms with van der Waals surface area (Å²) in [6, 6.07) is 14.3. The van der Waals surface area contributed by atoms with Crippen molar-refractivity contribution in [2.75, 3.05) is 29.9 Å². The molecule has 2 aromatic rings. The first-order valence-electron chi connectivity index (χ1n) is 9.53. The van der Waals surface area contributed by atoms with E-state index in [4.69, 9.17) is 11.6 Å². The molecule has 27 heavy (non-hydrogen) atoms. The van der Waals surface area contributed by atoms with Crippen LogP contribution in [-0.2, 0) is 11.3 Å². The Labute approximate surface area is 165 Å².